The SMILES string of the molecule is Cc1cc(C(=O)OCC2CC2)cc(S(N)(=O)=O)c1C. The summed E-state index contributed by atoms with van der Waals surface area (Å²) in [6, 6.07) is 2.91. The number of carbonyl (C=O) groups excluding carboxylic acids is 1. The van der Waals surface area contributed by atoms with Gasteiger partial charge in [-0.05, 0) is 55.9 Å². The van der Waals surface area contributed by atoms with Crippen LogP contribution in [0.25, 0.3) is 0 Å². The third-order valence-corrected chi connectivity index (χ3v) is 4.35. The smallest absolute Gasteiger partial charge is 0.338 e. The number of rotatable bonds is 4. The summed E-state index contributed by atoms with van der Waals surface area (Å²) in [7, 11) is -3.84. The minimum atomic E-state index is -3.84. The van der Waals surface area contributed by atoms with Crippen molar-refractivity contribution in [3.8, 4) is 0 Å². The minimum Gasteiger partial charge on any atom is -0.462 e. The van der Waals surface area contributed by atoms with E-state index in [0.29, 0.717) is 23.7 Å². The fraction of sp³-hybridized carbons (Fsp3) is 0.462. The van der Waals surface area contributed by atoms with E-state index in [0.717, 1.165) is 12.8 Å². The van der Waals surface area contributed by atoms with Crippen LogP contribution in [0.1, 0.15) is 34.3 Å². The molecule has 0 bridgehead atoms. The number of ether oxygens (including phenoxy) is 1. The molecule has 1 aromatic rings. The van der Waals surface area contributed by atoms with E-state index in [1.165, 1.54) is 6.07 Å². The Morgan fingerprint density at radius 3 is 2.53 bits per heavy atom. The molecule has 0 spiro atoms. The lowest BCUT2D eigenvalue weighted by atomic mass is 10.1. The Labute approximate surface area is 112 Å². The monoisotopic (exact) mass is 283 g/mol. The molecule has 19 heavy (non-hydrogen) atoms. The molecule has 0 saturated heterocycles. The molecule has 5 nitrogen and oxygen atoms in total. The number of hydrogen-bond acceptors (Lipinski definition) is 4. The van der Waals surface area contributed by atoms with Gasteiger partial charge in [-0.25, -0.2) is 18.4 Å². The van der Waals surface area contributed by atoms with Crippen molar-refractivity contribution < 1.29 is 17.9 Å². The quantitative estimate of drug-likeness (QED) is 0.849. The molecule has 1 saturated carbocycles. The van der Waals surface area contributed by atoms with Crippen molar-refractivity contribution in [2.24, 2.45) is 11.1 Å². The van der Waals surface area contributed by atoms with E-state index in [2.05, 4.69) is 0 Å². The molecule has 0 amide bonds. The van der Waals surface area contributed by atoms with Crippen molar-refractivity contribution in [3.05, 3.63) is 28.8 Å². The Kier molecular flexibility index (Phi) is 3.64. The molecular weight excluding hydrogens is 266 g/mol. The molecule has 0 aromatic heterocycles. The first kappa shape index (κ1) is 14.0. The Balaban J connectivity index is 2.30. The van der Waals surface area contributed by atoms with Gasteiger partial charge in [-0.3, -0.25) is 0 Å². The predicted octanol–water partition coefficient (Wildman–Crippen LogP) is 1.52. The Bertz CT molecular complexity index is 618. The lowest BCUT2D eigenvalue weighted by Gasteiger charge is -2.10. The maximum atomic E-state index is 11.9. The van der Waals surface area contributed by atoms with Crippen LogP contribution in [0.4, 0.5) is 0 Å². The second-order valence-electron chi connectivity index (χ2n) is 5.00. The lowest BCUT2D eigenvalue weighted by molar-refractivity contribution is 0.0485. The molecule has 1 aliphatic carbocycles. The number of primary sulfonamides is 1. The summed E-state index contributed by atoms with van der Waals surface area (Å²) >= 11 is 0. The summed E-state index contributed by atoms with van der Waals surface area (Å²) in [4.78, 5) is 11.8. The van der Waals surface area contributed by atoms with E-state index in [1.807, 2.05) is 0 Å². The predicted molar refractivity (Wildman–Crippen MR) is 70.3 cm³/mol. The van der Waals surface area contributed by atoms with Crippen LogP contribution in [-0.4, -0.2) is 21.0 Å². The maximum absolute atomic E-state index is 11.9. The molecule has 1 aromatic carbocycles. The number of sulfonamides is 1. The molecule has 0 radical (unpaired) electrons. The summed E-state index contributed by atoms with van der Waals surface area (Å²) in [5.74, 6) is -0.0342. The molecule has 104 valence electrons. The van der Waals surface area contributed by atoms with Gasteiger partial charge < -0.3 is 4.74 Å². The second kappa shape index (κ2) is 4.94. The van der Waals surface area contributed by atoms with Crippen LogP contribution in [0.15, 0.2) is 17.0 Å². The first-order valence-electron chi connectivity index (χ1n) is 6.10. The van der Waals surface area contributed by atoms with Gasteiger partial charge in [-0.2, -0.15) is 0 Å². The normalized spacial score (nSPS) is 15.3. The lowest BCUT2D eigenvalue weighted by Crippen LogP contribution is -2.16. The highest BCUT2D eigenvalue weighted by molar-refractivity contribution is 7.89. The van der Waals surface area contributed by atoms with Gasteiger partial charge >= 0.3 is 5.97 Å². The third kappa shape index (κ3) is 3.33. The van der Waals surface area contributed by atoms with E-state index in [4.69, 9.17) is 9.88 Å². The van der Waals surface area contributed by atoms with Gasteiger partial charge in [0.2, 0.25) is 10.0 Å². The highest BCUT2D eigenvalue weighted by atomic mass is 32.2. The summed E-state index contributed by atoms with van der Waals surface area (Å²) in [5.41, 5.74) is 1.49. The van der Waals surface area contributed by atoms with Crippen LogP contribution in [0, 0.1) is 19.8 Å². The molecule has 0 aliphatic heterocycles. The first-order chi connectivity index (χ1) is 8.79. The summed E-state index contributed by atoms with van der Waals surface area (Å²) in [6.45, 7) is 3.80. The van der Waals surface area contributed by atoms with Crippen LogP contribution in [0.2, 0.25) is 0 Å². The van der Waals surface area contributed by atoms with Crippen LogP contribution in [0.3, 0.4) is 0 Å². The van der Waals surface area contributed by atoms with Crippen LogP contribution in [-0.2, 0) is 14.8 Å². The first-order valence-corrected chi connectivity index (χ1v) is 7.65. The number of benzene rings is 1. The van der Waals surface area contributed by atoms with Gasteiger partial charge in [-0.1, -0.05) is 0 Å². The standard InChI is InChI=1S/C13H17NO4S/c1-8-5-11(13(15)18-7-10-3-4-10)6-12(9(8)2)19(14,16)17/h5-6,10H,3-4,7H2,1-2H3,(H2,14,16,17). The molecular formula is C13H17NO4S. The summed E-state index contributed by atoms with van der Waals surface area (Å²) in [6.07, 6.45) is 2.17. The average Bonchev–Trinajstić information content (AvgIpc) is 3.11. The number of carbonyl (C=O) groups is 1. The zero-order valence-corrected chi connectivity index (χ0v) is 11.8. The number of hydrogen-bond donors (Lipinski definition) is 1. The van der Waals surface area contributed by atoms with Crippen molar-refractivity contribution in [2.45, 2.75) is 31.6 Å². The molecule has 0 heterocycles. The van der Waals surface area contributed by atoms with Gasteiger partial charge in [0.15, 0.2) is 0 Å². The summed E-state index contributed by atoms with van der Waals surface area (Å²) in [5, 5.41) is 5.15. The molecule has 1 aliphatic rings. The van der Waals surface area contributed by atoms with E-state index in [1.54, 1.807) is 19.9 Å². The molecule has 1 fully saturated rings. The summed E-state index contributed by atoms with van der Waals surface area (Å²) < 4.78 is 28.1. The number of esters is 1. The van der Waals surface area contributed by atoms with Crippen molar-refractivity contribution in [1.29, 1.82) is 0 Å². The molecule has 6 heteroatoms. The highest BCUT2D eigenvalue weighted by Crippen LogP contribution is 2.29. The Hall–Kier alpha value is -1.40. The van der Waals surface area contributed by atoms with E-state index < -0.39 is 16.0 Å². The van der Waals surface area contributed by atoms with Crippen molar-refractivity contribution in [1.82, 2.24) is 0 Å². The van der Waals surface area contributed by atoms with Gasteiger partial charge in [0.25, 0.3) is 0 Å². The Morgan fingerprint density at radius 1 is 1.37 bits per heavy atom. The Morgan fingerprint density at radius 2 is 2.00 bits per heavy atom. The fourth-order valence-electron chi connectivity index (χ4n) is 1.80. The fourth-order valence-corrected chi connectivity index (χ4v) is 2.68. The highest BCUT2D eigenvalue weighted by Gasteiger charge is 2.24. The van der Waals surface area contributed by atoms with Crippen LogP contribution >= 0.6 is 0 Å². The molecule has 0 unspecified atom stereocenters. The molecule has 2 N–H and O–H groups in total. The zero-order valence-electron chi connectivity index (χ0n) is 11.0. The van der Waals surface area contributed by atoms with Crippen LogP contribution in [0.5, 0.6) is 0 Å². The van der Waals surface area contributed by atoms with E-state index in [9.17, 15) is 13.2 Å². The zero-order chi connectivity index (χ0) is 14.2. The van der Waals surface area contributed by atoms with Gasteiger partial charge in [0.05, 0.1) is 17.1 Å². The van der Waals surface area contributed by atoms with Gasteiger partial charge in [0, 0.05) is 0 Å². The average molecular weight is 283 g/mol. The second-order valence-corrected chi connectivity index (χ2v) is 6.53. The van der Waals surface area contributed by atoms with Crippen molar-refractivity contribution >= 4 is 16.0 Å². The minimum absolute atomic E-state index is 0.0223. The third-order valence-electron chi connectivity index (χ3n) is 3.31. The van der Waals surface area contributed by atoms with E-state index >= 15 is 0 Å². The number of aryl methyl sites for hydroxylation is 1. The van der Waals surface area contributed by atoms with Gasteiger partial charge in [-0.15, -0.1) is 0 Å². The van der Waals surface area contributed by atoms with Crippen LogP contribution < -0.4 is 5.14 Å². The van der Waals surface area contributed by atoms with E-state index in [-0.39, 0.29) is 10.5 Å². The van der Waals surface area contributed by atoms with Crippen molar-refractivity contribution in [3.63, 3.8) is 0 Å². The number of nitrogens with two attached hydrogens (primary N) is 1. The largest absolute Gasteiger partial charge is 0.462 e. The maximum Gasteiger partial charge on any atom is 0.338 e. The molecule has 2 rings (SSSR count). The van der Waals surface area contributed by atoms with Gasteiger partial charge in [0.1, 0.15) is 0 Å². The molecule has 0 atom stereocenters. The topological polar surface area (TPSA) is 86.5 Å². The van der Waals surface area contributed by atoms with Crippen molar-refractivity contribution in [2.75, 3.05) is 6.61 Å².